The molecule has 2 heterocycles. The van der Waals surface area contributed by atoms with Crippen molar-refractivity contribution in [2.75, 3.05) is 13.2 Å². The molecule has 1 aliphatic heterocycles. The van der Waals surface area contributed by atoms with Gasteiger partial charge in [0.2, 0.25) is 0 Å². The minimum absolute atomic E-state index is 0.0340. The first kappa shape index (κ1) is 18.2. The maximum atomic E-state index is 12.6. The lowest BCUT2D eigenvalue weighted by Crippen LogP contribution is -2.30. The summed E-state index contributed by atoms with van der Waals surface area (Å²) in [4.78, 5) is 29.1. The average Bonchev–Trinajstić information content (AvgIpc) is 3.20. The van der Waals surface area contributed by atoms with E-state index in [0.29, 0.717) is 29.7 Å². The fourth-order valence-corrected chi connectivity index (χ4v) is 3.52. The van der Waals surface area contributed by atoms with E-state index in [1.807, 2.05) is 18.2 Å². The summed E-state index contributed by atoms with van der Waals surface area (Å²) < 4.78 is 7.31. The molecule has 0 saturated heterocycles. The molecule has 2 aromatic carbocycles. The summed E-state index contributed by atoms with van der Waals surface area (Å²) in [7, 11) is 0. The minimum atomic E-state index is -0.169. The van der Waals surface area contributed by atoms with E-state index in [9.17, 15) is 9.59 Å². The van der Waals surface area contributed by atoms with Crippen molar-refractivity contribution < 1.29 is 9.53 Å². The predicted molar refractivity (Wildman–Crippen MR) is 108 cm³/mol. The number of nitrogens with zero attached hydrogens (tertiary/aromatic N) is 2. The Hall–Kier alpha value is -3.15. The largest absolute Gasteiger partial charge is 0.484 e. The van der Waals surface area contributed by atoms with E-state index in [4.69, 9.17) is 4.74 Å². The first-order valence-electron chi connectivity index (χ1n) is 9.67. The first-order valence-corrected chi connectivity index (χ1v) is 9.67. The second-order valence-corrected chi connectivity index (χ2v) is 7.00. The second kappa shape index (κ2) is 8.25. The third-order valence-electron chi connectivity index (χ3n) is 4.96. The van der Waals surface area contributed by atoms with Gasteiger partial charge in [0.1, 0.15) is 11.6 Å². The van der Waals surface area contributed by atoms with Crippen LogP contribution in [0.1, 0.15) is 24.2 Å². The number of carbonyl (C=O) groups is 1. The SMILES string of the molecule is O=C(COc1ccc2nc3n(c(=O)c2c1)CCC3)NCCCc1ccccc1. The van der Waals surface area contributed by atoms with E-state index in [1.165, 1.54) is 5.56 Å². The zero-order valence-electron chi connectivity index (χ0n) is 15.7. The van der Waals surface area contributed by atoms with Crippen LogP contribution >= 0.6 is 0 Å². The summed E-state index contributed by atoms with van der Waals surface area (Å²) in [5, 5.41) is 3.40. The Balaban J connectivity index is 1.30. The van der Waals surface area contributed by atoms with Gasteiger partial charge in [-0.15, -0.1) is 0 Å². The summed E-state index contributed by atoms with van der Waals surface area (Å²) in [6.07, 6.45) is 3.59. The number of carbonyl (C=O) groups excluding carboxylic acids is 1. The fourth-order valence-electron chi connectivity index (χ4n) is 3.52. The van der Waals surface area contributed by atoms with Gasteiger partial charge in [-0.3, -0.25) is 14.2 Å². The molecule has 0 radical (unpaired) electrons. The van der Waals surface area contributed by atoms with Crippen LogP contribution < -0.4 is 15.6 Å². The number of benzene rings is 2. The number of aromatic nitrogens is 2. The van der Waals surface area contributed by atoms with Gasteiger partial charge in [-0.2, -0.15) is 0 Å². The first-order chi connectivity index (χ1) is 13.7. The maximum absolute atomic E-state index is 12.6. The molecule has 0 bridgehead atoms. The van der Waals surface area contributed by atoms with Gasteiger partial charge >= 0.3 is 0 Å². The van der Waals surface area contributed by atoms with E-state index in [-0.39, 0.29) is 18.1 Å². The van der Waals surface area contributed by atoms with Crippen LogP contribution in [0.4, 0.5) is 0 Å². The summed E-state index contributed by atoms with van der Waals surface area (Å²) in [6, 6.07) is 15.4. The van der Waals surface area contributed by atoms with Crippen molar-refractivity contribution in [3.63, 3.8) is 0 Å². The highest BCUT2D eigenvalue weighted by atomic mass is 16.5. The molecule has 6 heteroatoms. The van der Waals surface area contributed by atoms with Gasteiger partial charge in [-0.05, 0) is 43.0 Å². The third-order valence-corrected chi connectivity index (χ3v) is 4.96. The molecule has 28 heavy (non-hydrogen) atoms. The van der Waals surface area contributed by atoms with Crippen molar-refractivity contribution >= 4 is 16.8 Å². The van der Waals surface area contributed by atoms with Crippen molar-refractivity contribution in [2.45, 2.75) is 32.2 Å². The molecule has 4 rings (SSSR count). The molecule has 0 spiro atoms. The molecule has 1 aliphatic rings. The van der Waals surface area contributed by atoms with Crippen molar-refractivity contribution in [3.8, 4) is 5.75 Å². The number of fused-ring (bicyclic) bond motifs is 2. The van der Waals surface area contributed by atoms with Gasteiger partial charge in [-0.1, -0.05) is 30.3 Å². The van der Waals surface area contributed by atoms with Crippen LogP contribution in [0.3, 0.4) is 0 Å². The molecule has 1 aromatic heterocycles. The summed E-state index contributed by atoms with van der Waals surface area (Å²) in [5.41, 5.74) is 1.90. The lowest BCUT2D eigenvalue weighted by atomic mass is 10.1. The van der Waals surface area contributed by atoms with Gasteiger partial charge in [-0.25, -0.2) is 4.98 Å². The van der Waals surface area contributed by atoms with Crippen molar-refractivity contribution in [3.05, 3.63) is 70.3 Å². The summed E-state index contributed by atoms with van der Waals surface area (Å²) in [5.74, 6) is 1.18. The van der Waals surface area contributed by atoms with Crippen LogP contribution in [0, 0.1) is 0 Å². The zero-order chi connectivity index (χ0) is 19.3. The number of hydrogen-bond donors (Lipinski definition) is 1. The molecular weight excluding hydrogens is 354 g/mol. The zero-order valence-corrected chi connectivity index (χ0v) is 15.7. The molecule has 1 amide bonds. The number of hydrogen-bond acceptors (Lipinski definition) is 4. The highest BCUT2D eigenvalue weighted by molar-refractivity contribution is 5.80. The van der Waals surface area contributed by atoms with Crippen molar-refractivity contribution in [2.24, 2.45) is 0 Å². The van der Waals surface area contributed by atoms with Crippen LogP contribution in [-0.4, -0.2) is 28.6 Å². The minimum Gasteiger partial charge on any atom is -0.484 e. The van der Waals surface area contributed by atoms with Gasteiger partial charge < -0.3 is 10.1 Å². The third kappa shape index (κ3) is 4.06. The quantitative estimate of drug-likeness (QED) is 0.642. The van der Waals surface area contributed by atoms with E-state index in [1.54, 1.807) is 22.8 Å². The van der Waals surface area contributed by atoms with E-state index in [2.05, 4.69) is 22.4 Å². The van der Waals surface area contributed by atoms with E-state index < -0.39 is 0 Å². The second-order valence-electron chi connectivity index (χ2n) is 7.00. The van der Waals surface area contributed by atoms with Crippen LogP contribution in [0.15, 0.2) is 53.3 Å². The van der Waals surface area contributed by atoms with Gasteiger partial charge in [0.15, 0.2) is 6.61 Å². The Morgan fingerprint density at radius 2 is 2.04 bits per heavy atom. The molecule has 1 N–H and O–H groups in total. The van der Waals surface area contributed by atoms with Gasteiger partial charge in [0, 0.05) is 19.5 Å². The van der Waals surface area contributed by atoms with Gasteiger partial charge in [0.25, 0.3) is 11.5 Å². The number of rotatable bonds is 7. The standard InChI is InChI=1S/C22H23N3O3/c26-21(23-12-4-8-16-6-2-1-3-7-16)15-28-17-10-11-19-18(14-17)22(27)25-13-5-9-20(25)24-19/h1-3,6-7,10-11,14H,4-5,8-9,12-13,15H2,(H,23,26). The Labute approximate surface area is 163 Å². The normalized spacial score (nSPS) is 12.7. The molecule has 144 valence electrons. The van der Waals surface area contributed by atoms with E-state index >= 15 is 0 Å². The number of aryl methyl sites for hydroxylation is 2. The Bertz CT molecular complexity index is 1040. The number of ether oxygens (including phenoxy) is 1. The smallest absolute Gasteiger partial charge is 0.261 e. The molecule has 0 saturated carbocycles. The lowest BCUT2D eigenvalue weighted by molar-refractivity contribution is -0.123. The van der Waals surface area contributed by atoms with Crippen molar-refractivity contribution in [1.82, 2.24) is 14.9 Å². The fraction of sp³-hybridized carbons (Fsp3) is 0.318. The number of amides is 1. The summed E-state index contributed by atoms with van der Waals surface area (Å²) >= 11 is 0. The Morgan fingerprint density at radius 1 is 1.18 bits per heavy atom. The maximum Gasteiger partial charge on any atom is 0.261 e. The monoisotopic (exact) mass is 377 g/mol. The molecule has 0 unspecified atom stereocenters. The number of nitrogens with one attached hydrogen (secondary N) is 1. The van der Waals surface area contributed by atoms with Crippen molar-refractivity contribution in [1.29, 1.82) is 0 Å². The van der Waals surface area contributed by atoms with Crippen LogP contribution in [-0.2, 0) is 24.2 Å². The highest BCUT2D eigenvalue weighted by Gasteiger charge is 2.16. The summed E-state index contributed by atoms with van der Waals surface area (Å²) in [6.45, 7) is 1.25. The van der Waals surface area contributed by atoms with Gasteiger partial charge in [0.05, 0.1) is 10.9 Å². The van der Waals surface area contributed by atoms with Crippen LogP contribution in [0.5, 0.6) is 5.75 Å². The molecule has 6 nitrogen and oxygen atoms in total. The van der Waals surface area contributed by atoms with Crippen LogP contribution in [0.2, 0.25) is 0 Å². The van der Waals surface area contributed by atoms with E-state index in [0.717, 1.165) is 31.5 Å². The Kier molecular flexibility index (Phi) is 5.37. The highest BCUT2D eigenvalue weighted by Crippen LogP contribution is 2.19. The molecular formula is C22H23N3O3. The Morgan fingerprint density at radius 3 is 2.89 bits per heavy atom. The average molecular weight is 377 g/mol. The molecule has 3 aromatic rings. The van der Waals surface area contributed by atoms with Crippen LogP contribution in [0.25, 0.3) is 10.9 Å². The molecule has 0 fully saturated rings. The molecule has 0 aliphatic carbocycles. The molecule has 0 atom stereocenters. The topological polar surface area (TPSA) is 73.2 Å². The predicted octanol–water partition coefficient (Wildman–Crippen LogP) is 2.47. The lowest BCUT2D eigenvalue weighted by Gasteiger charge is -2.09.